The lowest BCUT2D eigenvalue weighted by Crippen LogP contribution is -2.44. The van der Waals surface area contributed by atoms with Crippen molar-refractivity contribution < 1.29 is 19.4 Å². The zero-order valence-electron chi connectivity index (χ0n) is 9.45. The van der Waals surface area contributed by atoms with Crippen LogP contribution in [0.1, 0.15) is 26.7 Å². The quantitative estimate of drug-likeness (QED) is 0.613. The molecule has 0 aromatic carbocycles. The van der Waals surface area contributed by atoms with E-state index in [9.17, 15) is 9.59 Å². The summed E-state index contributed by atoms with van der Waals surface area (Å²) in [6.07, 6.45) is 0.900. The second kappa shape index (κ2) is 7.23. The molecule has 1 amide bonds. The molecule has 1 atom stereocenters. The van der Waals surface area contributed by atoms with E-state index in [0.29, 0.717) is 19.4 Å². The fourth-order valence-electron chi connectivity index (χ4n) is 1.14. The van der Waals surface area contributed by atoms with Crippen LogP contribution in [0.15, 0.2) is 0 Å². The minimum Gasteiger partial charge on any atom is -0.480 e. The number of amides is 1. The maximum absolute atomic E-state index is 11.3. The second-order valence-corrected chi connectivity index (χ2v) is 3.72. The Balaban J connectivity index is 3.95. The summed E-state index contributed by atoms with van der Waals surface area (Å²) < 4.78 is 4.80. The van der Waals surface area contributed by atoms with Crippen LogP contribution in [0.25, 0.3) is 0 Å². The number of nitrogens with one attached hydrogen (secondary N) is 1. The Bertz CT molecular complexity index is 215. The van der Waals surface area contributed by atoms with Crippen molar-refractivity contribution in [1.82, 2.24) is 5.32 Å². The smallest absolute Gasteiger partial charge is 0.326 e. The van der Waals surface area contributed by atoms with Crippen molar-refractivity contribution in [2.24, 2.45) is 5.92 Å². The molecule has 0 rings (SSSR count). The van der Waals surface area contributed by atoms with Gasteiger partial charge in [0, 0.05) is 20.1 Å². The largest absolute Gasteiger partial charge is 0.480 e. The Kier molecular flexibility index (Phi) is 6.70. The van der Waals surface area contributed by atoms with Gasteiger partial charge in [0.25, 0.3) is 0 Å². The van der Waals surface area contributed by atoms with E-state index < -0.39 is 12.0 Å². The van der Waals surface area contributed by atoms with Crippen molar-refractivity contribution in [1.29, 1.82) is 0 Å². The van der Waals surface area contributed by atoms with E-state index in [-0.39, 0.29) is 11.8 Å². The summed E-state index contributed by atoms with van der Waals surface area (Å²) in [4.78, 5) is 22.1. The minimum absolute atomic E-state index is 0.117. The fraction of sp³-hybridized carbons (Fsp3) is 0.800. The highest BCUT2D eigenvalue weighted by Crippen LogP contribution is 2.02. The lowest BCUT2D eigenvalue weighted by molar-refractivity contribution is -0.143. The van der Waals surface area contributed by atoms with Crippen molar-refractivity contribution in [3.8, 4) is 0 Å². The van der Waals surface area contributed by atoms with Crippen molar-refractivity contribution in [3.63, 3.8) is 0 Å². The number of carbonyl (C=O) groups is 2. The van der Waals surface area contributed by atoms with Crippen LogP contribution in [-0.2, 0) is 14.3 Å². The highest BCUT2D eigenvalue weighted by atomic mass is 16.5. The third-order valence-electron chi connectivity index (χ3n) is 2.00. The van der Waals surface area contributed by atoms with Crippen molar-refractivity contribution >= 4 is 11.9 Å². The first kappa shape index (κ1) is 13.9. The Hall–Kier alpha value is -1.10. The lowest BCUT2D eigenvalue weighted by atomic mass is 10.0. The van der Waals surface area contributed by atoms with Crippen LogP contribution in [0.4, 0.5) is 0 Å². The molecule has 0 aromatic rings. The number of methoxy groups -OCH3 is 1. The molecule has 88 valence electrons. The van der Waals surface area contributed by atoms with Gasteiger partial charge >= 0.3 is 5.97 Å². The van der Waals surface area contributed by atoms with Crippen molar-refractivity contribution in [2.75, 3.05) is 13.7 Å². The number of carboxylic acid groups (broad SMARTS) is 1. The first-order chi connectivity index (χ1) is 6.99. The molecule has 0 aliphatic rings. The number of rotatable bonds is 7. The Morgan fingerprint density at radius 2 is 2.00 bits per heavy atom. The van der Waals surface area contributed by atoms with Crippen molar-refractivity contribution in [2.45, 2.75) is 32.7 Å². The minimum atomic E-state index is -0.995. The number of carbonyl (C=O) groups excluding carboxylic acids is 1. The predicted molar refractivity (Wildman–Crippen MR) is 55.5 cm³/mol. The summed E-state index contributed by atoms with van der Waals surface area (Å²) in [7, 11) is 1.56. The monoisotopic (exact) mass is 217 g/mol. The summed E-state index contributed by atoms with van der Waals surface area (Å²) in [5.74, 6) is -1.35. The third kappa shape index (κ3) is 6.06. The highest BCUT2D eigenvalue weighted by Gasteiger charge is 2.22. The molecule has 0 radical (unpaired) electrons. The van der Waals surface area contributed by atoms with E-state index >= 15 is 0 Å². The van der Waals surface area contributed by atoms with E-state index in [1.165, 1.54) is 0 Å². The van der Waals surface area contributed by atoms with Gasteiger partial charge in [-0.1, -0.05) is 13.8 Å². The Morgan fingerprint density at radius 3 is 2.40 bits per heavy atom. The van der Waals surface area contributed by atoms with Crippen LogP contribution >= 0.6 is 0 Å². The van der Waals surface area contributed by atoms with E-state index in [1.54, 1.807) is 21.0 Å². The van der Waals surface area contributed by atoms with E-state index in [0.717, 1.165) is 0 Å². The standard InChI is InChI=1S/C10H19NO4/c1-7(2)9(10(13)14)11-8(12)5-4-6-15-3/h7,9H,4-6H2,1-3H3,(H,11,12)(H,13,14). The number of hydrogen-bond acceptors (Lipinski definition) is 3. The molecule has 0 aliphatic heterocycles. The van der Waals surface area contributed by atoms with Crippen LogP contribution in [0.5, 0.6) is 0 Å². The summed E-state index contributed by atoms with van der Waals surface area (Å²) in [5.41, 5.74) is 0. The first-order valence-corrected chi connectivity index (χ1v) is 5.00. The zero-order chi connectivity index (χ0) is 11.8. The SMILES string of the molecule is COCCCC(=O)NC(C(=O)O)C(C)C. The summed E-state index contributed by atoms with van der Waals surface area (Å²) in [6, 6.07) is -0.806. The molecule has 1 unspecified atom stereocenters. The van der Waals surface area contributed by atoms with E-state index in [4.69, 9.17) is 9.84 Å². The number of hydrogen-bond donors (Lipinski definition) is 2. The maximum Gasteiger partial charge on any atom is 0.326 e. The number of ether oxygens (including phenoxy) is 1. The van der Waals surface area contributed by atoms with Gasteiger partial charge in [-0.3, -0.25) is 4.79 Å². The normalized spacial score (nSPS) is 12.5. The molecule has 2 N–H and O–H groups in total. The predicted octanol–water partition coefficient (Wildman–Crippen LogP) is 0.638. The third-order valence-corrected chi connectivity index (χ3v) is 2.00. The molecule has 0 aliphatic carbocycles. The van der Waals surface area contributed by atoms with Gasteiger partial charge in [0.05, 0.1) is 0 Å². The van der Waals surface area contributed by atoms with Gasteiger partial charge in [0.2, 0.25) is 5.91 Å². The lowest BCUT2D eigenvalue weighted by Gasteiger charge is -2.17. The molecule has 0 aromatic heterocycles. The molecule has 0 bridgehead atoms. The molecule has 0 heterocycles. The average molecular weight is 217 g/mol. The Labute approximate surface area is 89.8 Å². The highest BCUT2D eigenvalue weighted by molar-refractivity contribution is 5.83. The summed E-state index contributed by atoms with van der Waals surface area (Å²) in [6.45, 7) is 4.02. The molecule has 0 saturated heterocycles. The zero-order valence-corrected chi connectivity index (χ0v) is 9.45. The first-order valence-electron chi connectivity index (χ1n) is 5.00. The Morgan fingerprint density at radius 1 is 1.40 bits per heavy atom. The van der Waals surface area contributed by atoms with Crippen LogP contribution in [0.2, 0.25) is 0 Å². The van der Waals surface area contributed by atoms with Gasteiger partial charge in [0.1, 0.15) is 6.04 Å². The van der Waals surface area contributed by atoms with E-state index in [1.807, 2.05) is 0 Å². The van der Waals surface area contributed by atoms with Crippen LogP contribution < -0.4 is 5.32 Å². The second-order valence-electron chi connectivity index (χ2n) is 3.72. The summed E-state index contributed by atoms with van der Waals surface area (Å²) in [5, 5.41) is 11.3. The molecule has 0 spiro atoms. The molecular formula is C10H19NO4. The van der Waals surface area contributed by atoms with Crippen LogP contribution in [0.3, 0.4) is 0 Å². The van der Waals surface area contributed by atoms with E-state index in [2.05, 4.69) is 5.32 Å². The van der Waals surface area contributed by atoms with Crippen LogP contribution in [-0.4, -0.2) is 36.7 Å². The van der Waals surface area contributed by atoms with Gasteiger partial charge < -0.3 is 15.2 Å². The van der Waals surface area contributed by atoms with Crippen molar-refractivity contribution in [3.05, 3.63) is 0 Å². The molecular weight excluding hydrogens is 198 g/mol. The van der Waals surface area contributed by atoms with Gasteiger partial charge in [-0.05, 0) is 12.3 Å². The van der Waals surface area contributed by atoms with Gasteiger partial charge in [-0.25, -0.2) is 4.79 Å². The molecule has 5 nitrogen and oxygen atoms in total. The van der Waals surface area contributed by atoms with Gasteiger partial charge in [-0.15, -0.1) is 0 Å². The molecule has 0 saturated carbocycles. The maximum atomic E-state index is 11.3. The van der Waals surface area contributed by atoms with Gasteiger partial charge in [-0.2, -0.15) is 0 Å². The number of aliphatic carboxylic acids is 1. The average Bonchev–Trinajstić information content (AvgIpc) is 2.13. The molecule has 0 fully saturated rings. The number of carboxylic acids is 1. The topological polar surface area (TPSA) is 75.6 Å². The summed E-state index contributed by atoms with van der Waals surface area (Å²) >= 11 is 0. The van der Waals surface area contributed by atoms with Crippen LogP contribution in [0, 0.1) is 5.92 Å². The van der Waals surface area contributed by atoms with Gasteiger partial charge in [0.15, 0.2) is 0 Å². The molecule has 5 heteroatoms. The molecule has 15 heavy (non-hydrogen) atoms. The fourth-order valence-corrected chi connectivity index (χ4v) is 1.14.